The Morgan fingerprint density at radius 1 is 1.02 bits per heavy atom. The number of Topliss-reactive ketones (excluding diaryl/α,β-unsaturated/α-hetero) is 1. The molecule has 0 amide bonds. The highest BCUT2D eigenvalue weighted by molar-refractivity contribution is 6.45. The van der Waals surface area contributed by atoms with Gasteiger partial charge in [-0.25, -0.2) is 18.7 Å². The van der Waals surface area contributed by atoms with E-state index < -0.39 is 28.9 Å². The fraction of sp³-hybridized carbons (Fsp3) is 0.333. The van der Waals surface area contributed by atoms with E-state index in [0.29, 0.717) is 34.9 Å². The van der Waals surface area contributed by atoms with E-state index in [1.54, 1.807) is 12.1 Å². The van der Waals surface area contributed by atoms with Gasteiger partial charge in [0.2, 0.25) is 5.88 Å². The molecule has 1 aromatic heterocycles. The molecule has 210 valence electrons. The Bertz CT molecular complexity index is 1540. The Morgan fingerprint density at radius 3 is 2.40 bits per heavy atom. The first-order chi connectivity index (χ1) is 18.9. The summed E-state index contributed by atoms with van der Waals surface area (Å²) in [5.41, 5.74) is 0.177. The molecule has 1 atom stereocenters. The van der Waals surface area contributed by atoms with Crippen molar-refractivity contribution in [3.63, 3.8) is 0 Å². The van der Waals surface area contributed by atoms with Crippen LogP contribution in [0.25, 0.3) is 10.9 Å². The van der Waals surface area contributed by atoms with Crippen LogP contribution in [0, 0.1) is 22.5 Å². The Hall–Kier alpha value is -4.34. The van der Waals surface area contributed by atoms with Crippen molar-refractivity contribution in [1.82, 2.24) is 9.97 Å². The minimum atomic E-state index is -1.05. The number of ether oxygens (including phenoxy) is 4. The molecule has 2 heterocycles. The number of rotatable bonds is 9. The van der Waals surface area contributed by atoms with Crippen LogP contribution in [0.15, 0.2) is 54.1 Å². The lowest BCUT2D eigenvalue weighted by molar-refractivity contribution is -0.112. The Balaban J connectivity index is 1.57. The lowest BCUT2D eigenvalue weighted by atomic mass is 9.89. The molecular weight excluding hydrogens is 520 g/mol. The van der Waals surface area contributed by atoms with Crippen molar-refractivity contribution in [2.45, 2.75) is 46.6 Å². The van der Waals surface area contributed by atoms with Crippen LogP contribution in [0.1, 0.15) is 46.1 Å². The number of benzene rings is 2. The number of halogens is 2. The number of fused-ring (bicyclic) bond motifs is 1. The molecule has 40 heavy (non-hydrogen) atoms. The van der Waals surface area contributed by atoms with E-state index in [9.17, 15) is 13.6 Å². The standard InChI is InChI=1S/C30H31F2N3O5/c1-16-9-17(10-27(39-16)30(2,3)4)7-8-23(36)28(33)18-11-24(21(32)13-20(18)31)40-29-19-12-25(37-5)26(38-6)14-22(19)34-15-35-29/h9-16,33H,7-8H2,1-6H3/t16-/m0/s1. The maximum absolute atomic E-state index is 14.8. The zero-order valence-corrected chi connectivity index (χ0v) is 23.2. The molecule has 4 rings (SSSR count). The molecule has 1 aliphatic heterocycles. The number of allylic oxidation sites excluding steroid dienone is 3. The van der Waals surface area contributed by atoms with Crippen LogP contribution in [0.5, 0.6) is 23.1 Å². The average molecular weight is 552 g/mol. The number of ketones is 1. The quantitative estimate of drug-likeness (QED) is 0.295. The van der Waals surface area contributed by atoms with Gasteiger partial charge in [-0.1, -0.05) is 20.8 Å². The fourth-order valence-corrected chi connectivity index (χ4v) is 4.21. The van der Waals surface area contributed by atoms with Crippen molar-refractivity contribution < 1.29 is 32.5 Å². The Morgan fingerprint density at radius 2 is 1.73 bits per heavy atom. The molecule has 0 saturated heterocycles. The molecule has 0 radical (unpaired) electrons. The van der Waals surface area contributed by atoms with Crippen LogP contribution in [-0.2, 0) is 9.53 Å². The molecule has 8 nitrogen and oxygen atoms in total. The van der Waals surface area contributed by atoms with Crippen molar-refractivity contribution in [1.29, 1.82) is 5.41 Å². The van der Waals surface area contributed by atoms with Crippen LogP contribution >= 0.6 is 0 Å². The fourth-order valence-electron chi connectivity index (χ4n) is 4.21. The summed E-state index contributed by atoms with van der Waals surface area (Å²) in [5.74, 6) is -1.47. The highest BCUT2D eigenvalue weighted by atomic mass is 19.1. The largest absolute Gasteiger partial charge is 0.493 e. The summed E-state index contributed by atoms with van der Waals surface area (Å²) in [6, 6.07) is 4.76. The molecule has 10 heteroatoms. The lowest BCUT2D eigenvalue weighted by Gasteiger charge is -2.29. The second kappa shape index (κ2) is 11.4. The monoisotopic (exact) mass is 551 g/mol. The van der Waals surface area contributed by atoms with Crippen molar-refractivity contribution in [3.05, 3.63) is 71.3 Å². The molecule has 1 aliphatic rings. The van der Waals surface area contributed by atoms with Crippen LogP contribution in [-0.4, -0.2) is 41.8 Å². The first kappa shape index (κ1) is 28.7. The first-order valence-corrected chi connectivity index (χ1v) is 12.7. The number of carbonyl (C=O) groups excluding carboxylic acids is 1. The van der Waals surface area contributed by atoms with Gasteiger partial charge in [-0.15, -0.1) is 0 Å². The van der Waals surface area contributed by atoms with Gasteiger partial charge in [0, 0.05) is 29.5 Å². The summed E-state index contributed by atoms with van der Waals surface area (Å²) in [7, 11) is 2.94. The lowest BCUT2D eigenvalue weighted by Crippen LogP contribution is -2.21. The average Bonchev–Trinajstić information content (AvgIpc) is 2.91. The molecule has 2 aromatic carbocycles. The molecule has 3 aromatic rings. The van der Waals surface area contributed by atoms with E-state index in [-0.39, 0.29) is 29.4 Å². The number of nitrogens with one attached hydrogen (secondary N) is 1. The molecule has 0 unspecified atom stereocenters. The smallest absolute Gasteiger partial charge is 0.230 e. The van der Waals surface area contributed by atoms with E-state index in [0.717, 1.165) is 17.4 Å². The van der Waals surface area contributed by atoms with E-state index >= 15 is 0 Å². The summed E-state index contributed by atoms with van der Waals surface area (Å²) >= 11 is 0. The molecule has 0 fully saturated rings. The normalized spacial score (nSPS) is 15.2. The molecular formula is C30H31F2N3O5. The van der Waals surface area contributed by atoms with Gasteiger partial charge in [0.25, 0.3) is 0 Å². The zero-order chi connectivity index (χ0) is 29.2. The SMILES string of the molecule is COc1cc2ncnc(Oc3cc(C(=N)C(=O)CCC4=C[C@H](C)OC(C(C)(C)C)=C4)c(F)cc3F)c2cc1OC. The van der Waals surface area contributed by atoms with E-state index in [1.807, 2.05) is 39.8 Å². The molecule has 0 saturated carbocycles. The summed E-state index contributed by atoms with van der Waals surface area (Å²) < 4.78 is 51.7. The third-order valence-corrected chi connectivity index (χ3v) is 6.34. The van der Waals surface area contributed by atoms with Crippen LogP contribution < -0.4 is 14.2 Å². The summed E-state index contributed by atoms with van der Waals surface area (Å²) in [4.78, 5) is 21.2. The van der Waals surface area contributed by atoms with Crippen molar-refractivity contribution in [2.24, 2.45) is 5.41 Å². The predicted molar refractivity (Wildman–Crippen MR) is 146 cm³/mol. The number of hydrogen-bond donors (Lipinski definition) is 1. The summed E-state index contributed by atoms with van der Waals surface area (Å²) in [6.07, 6.45) is 5.19. The van der Waals surface area contributed by atoms with Gasteiger partial charge in [0.15, 0.2) is 28.8 Å². The number of aromatic nitrogens is 2. The van der Waals surface area contributed by atoms with Crippen molar-refractivity contribution >= 4 is 22.4 Å². The number of methoxy groups -OCH3 is 2. The molecule has 0 spiro atoms. The maximum atomic E-state index is 14.8. The molecule has 1 N–H and O–H groups in total. The van der Waals surface area contributed by atoms with Crippen molar-refractivity contribution in [3.8, 4) is 23.1 Å². The van der Waals surface area contributed by atoms with Gasteiger partial charge in [-0.05, 0) is 43.2 Å². The van der Waals surface area contributed by atoms with E-state index in [4.69, 9.17) is 24.4 Å². The number of nitrogens with zero attached hydrogens (tertiary/aromatic N) is 2. The van der Waals surface area contributed by atoms with Crippen LogP contribution in [0.2, 0.25) is 0 Å². The third kappa shape index (κ3) is 6.11. The summed E-state index contributed by atoms with van der Waals surface area (Å²) in [5, 5.41) is 8.75. The van der Waals surface area contributed by atoms with Crippen LogP contribution in [0.4, 0.5) is 8.78 Å². The van der Waals surface area contributed by atoms with E-state index in [1.165, 1.54) is 20.5 Å². The molecule has 0 aliphatic carbocycles. The highest BCUT2D eigenvalue weighted by Gasteiger charge is 2.25. The maximum Gasteiger partial charge on any atom is 0.230 e. The number of carbonyl (C=O) groups is 1. The second-order valence-electron chi connectivity index (χ2n) is 10.4. The van der Waals surface area contributed by atoms with Gasteiger partial charge in [0.05, 0.1) is 25.1 Å². The van der Waals surface area contributed by atoms with E-state index in [2.05, 4.69) is 9.97 Å². The highest BCUT2D eigenvalue weighted by Crippen LogP contribution is 2.37. The van der Waals surface area contributed by atoms with Gasteiger partial charge in [-0.3, -0.25) is 10.2 Å². The third-order valence-electron chi connectivity index (χ3n) is 6.34. The van der Waals surface area contributed by atoms with Gasteiger partial charge >= 0.3 is 0 Å². The van der Waals surface area contributed by atoms with Gasteiger partial charge in [-0.2, -0.15) is 0 Å². The predicted octanol–water partition coefficient (Wildman–Crippen LogP) is 6.71. The Labute approximate surface area is 231 Å². The van der Waals surface area contributed by atoms with Gasteiger partial charge < -0.3 is 18.9 Å². The molecule has 0 bridgehead atoms. The van der Waals surface area contributed by atoms with Gasteiger partial charge in [0.1, 0.15) is 29.7 Å². The number of hydrogen-bond acceptors (Lipinski definition) is 8. The zero-order valence-electron chi connectivity index (χ0n) is 23.2. The van der Waals surface area contributed by atoms with Crippen LogP contribution in [0.3, 0.4) is 0 Å². The minimum Gasteiger partial charge on any atom is -0.493 e. The minimum absolute atomic E-state index is 0.0257. The second-order valence-corrected chi connectivity index (χ2v) is 10.4. The van der Waals surface area contributed by atoms with Crippen molar-refractivity contribution in [2.75, 3.05) is 14.2 Å². The summed E-state index contributed by atoms with van der Waals surface area (Å²) in [6.45, 7) is 8.00. The first-order valence-electron chi connectivity index (χ1n) is 12.7. The Kier molecular flexibility index (Phi) is 8.18. The topological polar surface area (TPSA) is 104 Å².